The zero-order valence-corrected chi connectivity index (χ0v) is 13.6. The fraction of sp³-hybridized carbons (Fsp3) is 0.222. The van der Waals surface area contributed by atoms with Crippen LogP contribution in [-0.4, -0.2) is 26.1 Å². The highest BCUT2D eigenvalue weighted by atomic mass is 16.5. The molecule has 1 aliphatic heterocycles. The molecular formula is C18H19N3O3. The van der Waals surface area contributed by atoms with Crippen LogP contribution in [0.5, 0.6) is 5.75 Å². The summed E-state index contributed by atoms with van der Waals surface area (Å²) in [5, 5.41) is 5.58. The van der Waals surface area contributed by atoms with Crippen molar-refractivity contribution < 1.29 is 14.3 Å². The highest BCUT2D eigenvalue weighted by Gasteiger charge is 2.21. The monoisotopic (exact) mass is 325 g/mol. The van der Waals surface area contributed by atoms with Crippen molar-refractivity contribution in [3.8, 4) is 5.75 Å². The minimum Gasteiger partial charge on any atom is -0.495 e. The van der Waals surface area contributed by atoms with Gasteiger partial charge in [-0.2, -0.15) is 0 Å². The number of anilines is 3. The molecule has 0 aromatic heterocycles. The third-order valence-electron chi connectivity index (χ3n) is 4.04. The quantitative estimate of drug-likeness (QED) is 0.910. The average molecular weight is 325 g/mol. The molecule has 3 amide bonds. The van der Waals surface area contributed by atoms with E-state index in [0.29, 0.717) is 30.0 Å². The van der Waals surface area contributed by atoms with Crippen molar-refractivity contribution in [2.24, 2.45) is 0 Å². The topological polar surface area (TPSA) is 70.7 Å². The number of rotatable bonds is 3. The second-order valence-electron chi connectivity index (χ2n) is 5.58. The zero-order chi connectivity index (χ0) is 17.1. The summed E-state index contributed by atoms with van der Waals surface area (Å²) < 4.78 is 5.21. The SMILES string of the molecule is COc1ccccc1NC(=O)Nc1ccc2c(c1)CCC(=O)N2C. The van der Waals surface area contributed by atoms with E-state index in [0.717, 1.165) is 11.3 Å². The third kappa shape index (κ3) is 3.17. The molecule has 1 aliphatic rings. The number of hydrogen-bond donors (Lipinski definition) is 2. The van der Waals surface area contributed by atoms with Gasteiger partial charge >= 0.3 is 6.03 Å². The third-order valence-corrected chi connectivity index (χ3v) is 4.04. The Morgan fingerprint density at radius 2 is 1.92 bits per heavy atom. The standard InChI is InChI=1S/C18H19N3O3/c1-21-15-9-8-13(11-12(15)7-10-17(21)22)19-18(23)20-14-5-3-4-6-16(14)24-2/h3-6,8-9,11H,7,10H2,1-2H3,(H2,19,20,23). The summed E-state index contributed by atoms with van der Waals surface area (Å²) in [6, 6.07) is 12.4. The van der Waals surface area contributed by atoms with Crippen LogP contribution >= 0.6 is 0 Å². The van der Waals surface area contributed by atoms with Gasteiger partial charge in [-0.05, 0) is 42.3 Å². The van der Waals surface area contributed by atoms with Crippen LogP contribution in [-0.2, 0) is 11.2 Å². The molecule has 124 valence electrons. The van der Waals surface area contributed by atoms with Gasteiger partial charge in [0.15, 0.2) is 0 Å². The summed E-state index contributed by atoms with van der Waals surface area (Å²) in [6.07, 6.45) is 1.17. The summed E-state index contributed by atoms with van der Waals surface area (Å²) >= 11 is 0. The fourth-order valence-electron chi connectivity index (χ4n) is 2.77. The van der Waals surface area contributed by atoms with Gasteiger partial charge in [-0.3, -0.25) is 4.79 Å². The number of nitrogens with zero attached hydrogens (tertiary/aromatic N) is 1. The van der Waals surface area contributed by atoms with E-state index in [2.05, 4.69) is 10.6 Å². The van der Waals surface area contributed by atoms with Gasteiger partial charge in [0.2, 0.25) is 5.91 Å². The number of hydrogen-bond acceptors (Lipinski definition) is 3. The number of carbonyl (C=O) groups excluding carboxylic acids is 2. The number of benzene rings is 2. The van der Waals surface area contributed by atoms with Crippen LogP contribution in [0.3, 0.4) is 0 Å². The molecule has 0 bridgehead atoms. The van der Waals surface area contributed by atoms with Gasteiger partial charge in [0.1, 0.15) is 5.75 Å². The Morgan fingerprint density at radius 3 is 2.71 bits per heavy atom. The number of urea groups is 1. The second-order valence-corrected chi connectivity index (χ2v) is 5.58. The van der Waals surface area contributed by atoms with Gasteiger partial charge in [0.25, 0.3) is 0 Å². The highest BCUT2D eigenvalue weighted by molar-refractivity contribution is 6.01. The molecule has 3 rings (SSSR count). The van der Waals surface area contributed by atoms with Crippen molar-refractivity contribution in [1.29, 1.82) is 0 Å². The van der Waals surface area contributed by atoms with Crippen LogP contribution in [0.25, 0.3) is 0 Å². The lowest BCUT2D eigenvalue weighted by Gasteiger charge is -2.26. The van der Waals surface area contributed by atoms with Gasteiger partial charge < -0.3 is 20.3 Å². The Balaban J connectivity index is 1.72. The minimum absolute atomic E-state index is 0.108. The largest absolute Gasteiger partial charge is 0.495 e. The van der Waals surface area contributed by atoms with Gasteiger partial charge in [0.05, 0.1) is 12.8 Å². The smallest absolute Gasteiger partial charge is 0.323 e. The Kier molecular flexibility index (Phi) is 4.37. The number of nitrogens with one attached hydrogen (secondary N) is 2. The first-order valence-electron chi connectivity index (χ1n) is 7.69. The molecule has 0 atom stereocenters. The lowest BCUT2D eigenvalue weighted by Crippen LogP contribution is -2.31. The lowest BCUT2D eigenvalue weighted by molar-refractivity contribution is -0.118. The Bertz CT molecular complexity index is 789. The van der Waals surface area contributed by atoms with E-state index in [1.165, 1.54) is 0 Å². The first-order chi connectivity index (χ1) is 11.6. The predicted molar refractivity (Wildman–Crippen MR) is 93.8 cm³/mol. The molecule has 2 N–H and O–H groups in total. The predicted octanol–water partition coefficient (Wildman–Crippen LogP) is 3.25. The van der Waals surface area contributed by atoms with Crippen molar-refractivity contribution in [2.75, 3.05) is 29.7 Å². The summed E-state index contributed by atoms with van der Waals surface area (Å²) in [5.74, 6) is 0.704. The maximum Gasteiger partial charge on any atom is 0.323 e. The van der Waals surface area contributed by atoms with E-state index in [-0.39, 0.29) is 11.9 Å². The van der Waals surface area contributed by atoms with Crippen molar-refractivity contribution in [3.63, 3.8) is 0 Å². The maximum atomic E-state index is 12.2. The molecule has 0 unspecified atom stereocenters. The molecular weight excluding hydrogens is 306 g/mol. The van der Waals surface area contributed by atoms with Gasteiger partial charge in [-0.1, -0.05) is 12.1 Å². The molecule has 0 saturated carbocycles. The van der Waals surface area contributed by atoms with Crippen LogP contribution in [0.1, 0.15) is 12.0 Å². The molecule has 0 spiro atoms. The van der Waals surface area contributed by atoms with E-state index in [9.17, 15) is 9.59 Å². The van der Waals surface area contributed by atoms with Crippen molar-refractivity contribution in [3.05, 3.63) is 48.0 Å². The molecule has 6 heteroatoms. The Morgan fingerprint density at radius 1 is 1.12 bits per heavy atom. The van der Waals surface area contributed by atoms with Gasteiger partial charge in [0, 0.05) is 24.8 Å². The number of carbonyl (C=O) groups is 2. The number of para-hydroxylation sites is 2. The molecule has 0 aliphatic carbocycles. The summed E-state index contributed by atoms with van der Waals surface area (Å²) in [4.78, 5) is 25.6. The van der Waals surface area contributed by atoms with Gasteiger partial charge in [-0.15, -0.1) is 0 Å². The molecule has 2 aromatic rings. The first kappa shape index (κ1) is 15.9. The molecule has 0 radical (unpaired) electrons. The Labute approximate surface area is 140 Å². The molecule has 1 heterocycles. The van der Waals surface area contributed by atoms with Crippen LogP contribution in [0.2, 0.25) is 0 Å². The van der Waals surface area contributed by atoms with Gasteiger partial charge in [-0.25, -0.2) is 4.79 Å². The number of ether oxygens (including phenoxy) is 1. The van der Waals surface area contributed by atoms with E-state index < -0.39 is 0 Å². The summed E-state index contributed by atoms with van der Waals surface area (Å²) in [6.45, 7) is 0. The van der Waals surface area contributed by atoms with E-state index in [1.54, 1.807) is 37.3 Å². The van der Waals surface area contributed by atoms with Crippen LogP contribution in [0.4, 0.5) is 21.9 Å². The number of fused-ring (bicyclic) bond motifs is 1. The normalized spacial score (nSPS) is 13.2. The minimum atomic E-state index is -0.348. The number of amides is 3. The number of methoxy groups -OCH3 is 1. The average Bonchev–Trinajstić information content (AvgIpc) is 2.58. The van der Waals surface area contributed by atoms with E-state index >= 15 is 0 Å². The molecule has 0 saturated heterocycles. The maximum absolute atomic E-state index is 12.2. The number of aryl methyl sites for hydroxylation is 1. The molecule has 24 heavy (non-hydrogen) atoms. The molecule has 2 aromatic carbocycles. The second kappa shape index (κ2) is 6.62. The summed E-state index contributed by atoms with van der Waals surface area (Å²) in [5.41, 5.74) is 3.22. The van der Waals surface area contributed by atoms with Crippen LogP contribution in [0, 0.1) is 0 Å². The molecule has 0 fully saturated rings. The van der Waals surface area contributed by atoms with Crippen molar-refractivity contribution >= 4 is 29.0 Å². The van der Waals surface area contributed by atoms with Crippen molar-refractivity contribution in [2.45, 2.75) is 12.8 Å². The van der Waals surface area contributed by atoms with E-state index in [1.807, 2.05) is 24.3 Å². The van der Waals surface area contributed by atoms with E-state index in [4.69, 9.17) is 4.74 Å². The summed E-state index contributed by atoms with van der Waals surface area (Å²) in [7, 11) is 3.32. The van der Waals surface area contributed by atoms with Crippen molar-refractivity contribution in [1.82, 2.24) is 0 Å². The highest BCUT2D eigenvalue weighted by Crippen LogP contribution is 2.29. The van der Waals surface area contributed by atoms with Crippen LogP contribution < -0.4 is 20.3 Å². The fourth-order valence-corrected chi connectivity index (χ4v) is 2.77. The lowest BCUT2D eigenvalue weighted by atomic mass is 10.0. The van der Waals surface area contributed by atoms with Crippen LogP contribution in [0.15, 0.2) is 42.5 Å². The first-order valence-corrected chi connectivity index (χ1v) is 7.69. The zero-order valence-electron chi connectivity index (χ0n) is 13.6. The molecule has 6 nitrogen and oxygen atoms in total. The Hall–Kier alpha value is -3.02.